The van der Waals surface area contributed by atoms with Crippen LogP contribution in [-0.2, 0) is 11.2 Å². The molecule has 0 bridgehead atoms. The lowest BCUT2D eigenvalue weighted by molar-refractivity contribution is -0.121. The third-order valence-electron chi connectivity index (χ3n) is 3.64. The van der Waals surface area contributed by atoms with E-state index in [0.29, 0.717) is 12.3 Å². The average Bonchev–Trinajstić information content (AvgIpc) is 3.17. The molecule has 1 aliphatic rings. The second-order valence-corrected chi connectivity index (χ2v) is 5.36. The zero-order chi connectivity index (χ0) is 13.0. The van der Waals surface area contributed by atoms with Crippen molar-refractivity contribution in [2.75, 3.05) is 12.3 Å². The number of nitrogens with two attached hydrogens (primary N) is 1. The molecule has 1 saturated carbocycles. The summed E-state index contributed by atoms with van der Waals surface area (Å²) in [5.41, 5.74) is 7.59. The predicted molar refractivity (Wildman–Crippen MR) is 74.1 cm³/mol. The highest BCUT2D eigenvalue weighted by molar-refractivity contribution is 5.76. The number of carbonyl (C=O) groups excluding carboxylic acids is 1. The van der Waals surface area contributed by atoms with Crippen molar-refractivity contribution in [2.45, 2.75) is 32.6 Å². The van der Waals surface area contributed by atoms with Crippen molar-refractivity contribution in [2.24, 2.45) is 11.8 Å². The van der Waals surface area contributed by atoms with Crippen molar-refractivity contribution in [3.8, 4) is 0 Å². The van der Waals surface area contributed by atoms with E-state index >= 15 is 0 Å². The number of nitrogens with one attached hydrogen (secondary N) is 1. The molecule has 0 spiro atoms. The Labute approximate surface area is 109 Å². The van der Waals surface area contributed by atoms with Crippen molar-refractivity contribution >= 4 is 11.6 Å². The predicted octanol–water partition coefficient (Wildman–Crippen LogP) is 2.36. The van der Waals surface area contributed by atoms with Gasteiger partial charge in [0.1, 0.15) is 0 Å². The summed E-state index contributed by atoms with van der Waals surface area (Å²) < 4.78 is 0. The number of aryl methyl sites for hydroxylation is 1. The van der Waals surface area contributed by atoms with Crippen molar-refractivity contribution < 1.29 is 4.79 Å². The van der Waals surface area contributed by atoms with Crippen LogP contribution in [-0.4, -0.2) is 12.5 Å². The van der Waals surface area contributed by atoms with E-state index in [4.69, 9.17) is 5.73 Å². The molecule has 1 atom stereocenters. The van der Waals surface area contributed by atoms with Crippen LogP contribution in [0.15, 0.2) is 24.3 Å². The molecular formula is C15H22N2O. The Balaban J connectivity index is 1.67. The summed E-state index contributed by atoms with van der Waals surface area (Å²) >= 11 is 0. The van der Waals surface area contributed by atoms with Crippen LogP contribution in [0.1, 0.15) is 31.7 Å². The van der Waals surface area contributed by atoms with Gasteiger partial charge in [-0.15, -0.1) is 0 Å². The Bertz CT molecular complexity index is 413. The molecule has 0 saturated heterocycles. The van der Waals surface area contributed by atoms with Gasteiger partial charge >= 0.3 is 0 Å². The minimum Gasteiger partial charge on any atom is -0.399 e. The number of nitrogen functional groups attached to an aromatic ring is 1. The van der Waals surface area contributed by atoms with E-state index in [2.05, 4.69) is 12.2 Å². The summed E-state index contributed by atoms with van der Waals surface area (Å²) in [6, 6.07) is 7.73. The van der Waals surface area contributed by atoms with Gasteiger partial charge in [0, 0.05) is 18.7 Å². The zero-order valence-corrected chi connectivity index (χ0v) is 11.0. The molecule has 1 fully saturated rings. The number of amides is 1. The molecule has 1 aliphatic carbocycles. The zero-order valence-electron chi connectivity index (χ0n) is 11.0. The van der Waals surface area contributed by atoms with Crippen molar-refractivity contribution in [3.05, 3.63) is 29.8 Å². The van der Waals surface area contributed by atoms with Crippen LogP contribution < -0.4 is 11.1 Å². The first kappa shape index (κ1) is 12.9. The topological polar surface area (TPSA) is 55.1 Å². The van der Waals surface area contributed by atoms with Crippen LogP contribution in [0, 0.1) is 11.8 Å². The van der Waals surface area contributed by atoms with Crippen molar-refractivity contribution in [1.82, 2.24) is 5.32 Å². The molecule has 1 unspecified atom stereocenters. The minimum absolute atomic E-state index is 0.143. The van der Waals surface area contributed by atoms with E-state index in [1.54, 1.807) is 0 Å². The fraction of sp³-hybridized carbons (Fsp3) is 0.533. The largest absolute Gasteiger partial charge is 0.399 e. The first-order valence-corrected chi connectivity index (χ1v) is 6.76. The van der Waals surface area contributed by atoms with E-state index in [1.807, 2.05) is 24.3 Å². The summed E-state index contributed by atoms with van der Waals surface area (Å²) in [5, 5.41) is 3.02. The monoisotopic (exact) mass is 246 g/mol. The molecule has 18 heavy (non-hydrogen) atoms. The van der Waals surface area contributed by atoms with Gasteiger partial charge < -0.3 is 11.1 Å². The third kappa shape index (κ3) is 4.06. The van der Waals surface area contributed by atoms with Gasteiger partial charge in [-0.05, 0) is 48.8 Å². The normalized spacial score (nSPS) is 16.3. The molecular weight excluding hydrogens is 224 g/mol. The number of benzene rings is 1. The Hall–Kier alpha value is -1.51. The Kier molecular flexibility index (Phi) is 4.24. The summed E-state index contributed by atoms with van der Waals surface area (Å²) in [4.78, 5) is 11.7. The second kappa shape index (κ2) is 5.89. The quantitative estimate of drug-likeness (QED) is 0.757. The standard InChI is InChI=1S/C15H22N2O/c1-11(13-6-7-13)10-17-15(18)8-5-12-3-2-4-14(16)9-12/h2-4,9,11,13H,5-8,10,16H2,1H3,(H,17,18). The fourth-order valence-corrected chi connectivity index (χ4v) is 2.20. The Morgan fingerprint density at radius 1 is 1.50 bits per heavy atom. The summed E-state index contributed by atoms with van der Waals surface area (Å²) in [5.74, 6) is 1.62. The lowest BCUT2D eigenvalue weighted by atomic mass is 10.1. The van der Waals surface area contributed by atoms with Gasteiger partial charge in [0.05, 0.1) is 0 Å². The second-order valence-electron chi connectivity index (χ2n) is 5.36. The molecule has 3 heteroatoms. The van der Waals surface area contributed by atoms with Gasteiger partial charge in [0.25, 0.3) is 0 Å². The highest BCUT2D eigenvalue weighted by Gasteiger charge is 2.27. The lowest BCUT2D eigenvalue weighted by Crippen LogP contribution is -2.29. The highest BCUT2D eigenvalue weighted by atomic mass is 16.1. The van der Waals surface area contributed by atoms with Gasteiger partial charge in [0.2, 0.25) is 5.91 Å². The van der Waals surface area contributed by atoms with Gasteiger partial charge in [-0.1, -0.05) is 19.1 Å². The van der Waals surface area contributed by atoms with Crippen LogP contribution in [0.3, 0.4) is 0 Å². The summed E-state index contributed by atoms with van der Waals surface area (Å²) in [7, 11) is 0. The first-order chi connectivity index (χ1) is 8.65. The molecule has 1 amide bonds. The Morgan fingerprint density at radius 2 is 2.28 bits per heavy atom. The summed E-state index contributed by atoms with van der Waals surface area (Å²) in [6.45, 7) is 3.04. The molecule has 98 valence electrons. The molecule has 2 rings (SSSR count). The summed E-state index contributed by atoms with van der Waals surface area (Å²) in [6.07, 6.45) is 3.97. The van der Waals surface area contributed by atoms with E-state index in [1.165, 1.54) is 12.8 Å². The van der Waals surface area contributed by atoms with Gasteiger partial charge in [-0.3, -0.25) is 4.79 Å². The molecule has 0 aliphatic heterocycles. The van der Waals surface area contributed by atoms with Crippen molar-refractivity contribution in [1.29, 1.82) is 0 Å². The van der Waals surface area contributed by atoms with Crippen LogP contribution in [0.5, 0.6) is 0 Å². The van der Waals surface area contributed by atoms with E-state index in [9.17, 15) is 4.79 Å². The van der Waals surface area contributed by atoms with Gasteiger partial charge in [-0.2, -0.15) is 0 Å². The SMILES string of the molecule is CC(CNC(=O)CCc1cccc(N)c1)C1CC1. The molecule has 0 aromatic heterocycles. The van der Waals surface area contributed by atoms with Crippen LogP contribution in [0.2, 0.25) is 0 Å². The number of anilines is 1. The smallest absolute Gasteiger partial charge is 0.220 e. The van der Waals surface area contributed by atoms with E-state index in [-0.39, 0.29) is 5.91 Å². The van der Waals surface area contributed by atoms with Crippen LogP contribution >= 0.6 is 0 Å². The van der Waals surface area contributed by atoms with Crippen molar-refractivity contribution in [3.63, 3.8) is 0 Å². The maximum Gasteiger partial charge on any atom is 0.220 e. The van der Waals surface area contributed by atoms with Crippen LogP contribution in [0.4, 0.5) is 5.69 Å². The van der Waals surface area contributed by atoms with Gasteiger partial charge in [0.15, 0.2) is 0 Å². The molecule has 1 aromatic rings. The maximum absolute atomic E-state index is 11.7. The molecule has 3 N–H and O–H groups in total. The van der Waals surface area contributed by atoms with E-state index in [0.717, 1.165) is 30.1 Å². The lowest BCUT2D eigenvalue weighted by Gasteiger charge is -2.11. The van der Waals surface area contributed by atoms with Gasteiger partial charge in [-0.25, -0.2) is 0 Å². The first-order valence-electron chi connectivity index (χ1n) is 6.76. The average molecular weight is 246 g/mol. The third-order valence-corrected chi connectivity index (χ3v) is 3.64. The number of carbonyl (C=O) groups is 1. The maximum atomic E-state index is 11.7. The van der Waals surface area contributed by atoms with E-state index < -0.39 is 0 Å². The van der Waals surface area contributed by atoms with Crippen LogP contribution in [0.25, 0.3) is 0 Å². The highest BCUT2D eigenvalue weighted by Crippen LogP contribution is 2.36. The molecule has 0 heterocycles. The number of hydrogen-bond donors (Lipinski definition) is 2. The number of rotatable bonds is 6. The number of hydrogen-bond acceptors (Lipinski definition) is 2. The Morgan fingerprint density at radius 3 is 2.94 bits per heavy atom. The molecule has 0 radical (unpaired) electrons. The molecule has 3 nitrogen and oxygen atoms in total. The fourth-order valence-electron chi connectivity index (χ4n) is 2.20. The molecule has 1 aromatic carbocycles. The minimum atomic E-state index is 0.143.